The van der Waals surface area contributed by atoms with Crippen molar-refractivity contribution in [1.29, 1.82) is 0 Å². The number of aromatic nitrogens is 2. The number of nitrogens with zero attached hydrogens (tertiary/aromatic N) is 4. The van der Waals surface area contributed by atoms with Gasteiger partial charge in [0.2, 0.25) is 0 Å². The fourth-order valence-electron chi connectivity index (χ4n) is 3.57. The van der Waals surface area contributed by atoms with Crippen LogP contribution in [0.15, 0.2) is 47.7 Å². The maximum atomic E-state index is 4.38. The molecule has 1 saturated heterocycles. The van der Waals surface area contributed by atoms with Gasteiger partial charge in [-0.15, -0.1) is 0 Å². The van der Waals surface area contributed by atoms with E-state index in [0.717, 1.165) is 57.8 Å². The molecule has 146 valence electrons. The zero-order valence-corrected chi connectivity index (χ0v) is 16.6. The Morgan fingerprint density at radius 2 is 1.96 bits per heavy atom. The first-order valence-corrected chi connectivity index (χ1v) is 9.94. The van der Waals surface area contributed by atoms with E-state index >= 15 is 0 Å². The first-order chi connectivity index (χ1) is 13.2. The van der Waals surface area contributed by atoms with Crippen LogP contribution in [0.5, 0.6) is 0 Å². The topological polar surface area (TPSA) is 57.5 Å². The van der Waals surface area contributed by atoms with Crippen LogP contribution < -0.4 is 10.6 Å². The van der Waals surface area contributed by atoms with E-state index in [0.29, 0.717) is 6.04 Å². The number of aliphatic imine (C=N–C) groups is 1. The van der Waals surface area contributed by atoms with Crippen LogP contribution in [-0.2, 0) is 20.0 Å². The van der Waals surface area contributed by atoms with Gasteiger partial charge in [-0.25, -0.2) is 0 Å². The van der Waals surface area contributed by atoms with Crippen molar-refractivity contribution in [3.05, 3.63) is 53.9 Å². The fourth-order valence-corrected chi connectivity index (χ4v) is 3.57. The van der Waals surface area contributed by atoms with Crippen LogP contribution >= 0.6 is 0 Å². The predicted octanol–water partition coefficient (Wildman–Crippen LogP) is 2.18. The van der Waals surface area contributed by atoms with Crippen molar-refractivity contribution in [3.8, 4) is 0 Å². The van der Waals surface area contributed by atoms with Crippen LogP contribution in [0.1, 0.15) is 30.4 Å². The summed E-state index contributed by atoms with van der Waals surface area (Å²) in [6.07, 6.45) is 8.44. The summed E-state index contributed by atoms with van der Waals surface area (Å²) < 4.78 is 1.85. The Balaban J connectivity index is 1.33. The number of nitrogens with one attached hydrogen (secondary N) is 2. The average Bonchev–Trinajstić information content (AvgIpc) is 3.11. The molecule has 0 spiro atoms. The van der Waals surface area contributed by atoms with Gasteiger partial charge < -0.3 is 10.6 Å². The largest absolute Gasteiger partial charge is 0.356 e. The maximum absolute atomic E-state index is 4.38. The van der Waals surface area contributed by atoms with Gasteiger partial charge in [0.15, 0.2) is 5.96 Å². The Morgan fingerprint density at radius 1 is 1.19 bits per heavy atom. The highest BCUT2D eigenvalue weighted by Crippen LogP contribution is 2.13. The van der Waals surface area contributed by atoms with Crippen LogP contribution in [0, 0.1) is 0 Å². The standard InChI is InChI=1S/C21H32N6/c1-22-21(23-12-6-9-19-15-24-26(2)16-19)25-20-10-13-27(14-11-20)17-18-7-4-3-5-8-18/h3-5,7-8,15-16,20H,6,9-14,17H2,1-2H3,(H2,22,23,25). The highest BCUT2D eigenvalue weighted by Gasteiger charge is 2.19. The second-order valence-corrected chi connectivity index (χ2v) is 7.31. The number of hydrogen-bond acceptors (Lipinski definition) is 3. The molecule has 1 aromatic carbocycles. The summed E-state index contributed by atoms with van der Waals surface area (Å²) in [5.41, 5.74) is 2.68. The maximum Gasteiger partial charge on any atom is 0.191 e. The number of guanidine groups is 1. The van der Waals surface area contributed by atoms with E-state index in [4.69, 9.17) is 0 Å². The van der Waals surface area contributed by atoms with Crippen molar-refractivity contribution in [1.82, 2.24) is 25.3 Å². The first-order valence-electron chi connectivity index (χ1n) is 9.94. The van der Waals surface area contributed by atoms with Crippen molar-refractivity contribution in [2.75, 3.05) is 26.7 Å². The lowest BCUT2D eigenvalue weighted by Crippen LogP contribution is -2.48. The summed E-state index contributed by atoms with van der Waals surface area (Å²) in [6, 6.07) is 11.2. The third-order valence-electron chi connectivity index (χ3n) is 5.09. The molecule has 27 heavy (non-hydrogen) atoms. The predicted molar refractivity (Wildman–Crippen MR) is 111 cm³/mol. The second-order valence-electron chi connectivity index (χ2n) is 7.31. The van der Waals surface area contributed by atoms with Crippen molar-refractivity contribution < 1.29 is 0 Å². The molecule has 3 rings (SSSR count). The van der Waals surface area contributed by atoms with Crippen molar-refractivity contribution >= 4 is 5.96 Å². The van der Waals surface area contributed by atoms with E-state index in [1.54, 1.807) is 0 Å². The summed E-state index contributed by atoms with van der Waals surface area (Å²) in [6.45, 7) is 4.23. The van der Waals surface area contributed by atoms with E-state index in [-0.39, 0.29) is 0 Å². The molecule has 2 heterocycles. The summed E-state index contributed by atoms with van der Waals surface area (Å²) in [4.78, 5) is 6.92. The average molecular weight is 369 g/mol. The minimum atomic E-state index is 0.501. The second kappa shape index (κ2) is 10.1. The molecule has 1 aromatic heterocycles. The molecular formula is C21H32N6. The van der Waals surface area contributed by atoms with Gasteiger partial charge in [-0.1, -0.05) is 30.3 Å². The number of benzene rings is 1. The SMILES string of the molecule is CN=C(NCCCc1cnn(C)c1)NC1CCN(Cc2ccccc2)CC1. The van der Waals surface area contributed by atoms with Gasteiger partial charge in [0.05, 0.1) is 6.20 Å². The van der Waals surface area contributed by atoms with E-state index in [1.165, 1.54) is 11.1 Å². The molecular weight excluding hydrogens is 336 g/mol. The molecule has 0 saturated carbocycles. The monoisotopic (exact) mass is 368 g/mol. The fraction of sp³-hybridized carbons (Fsp3) is 0.524. The summed E-state index contributed by atoms with van der Waals surface area (Å²) in [5.74, 6) is 0.919. The quantitative estimate of drug-likeness (QED) is 0.447. The molecule has 0 unspecified atom stereocenters. The molecule has 2 aromatic rings. The Morgan fingerprint density at radius 3 is 2.63 bits per heavy atom. The minimum absolute atomic E-state index is 0.501. The van der Waals surface area contributed by atoms with Crippen molar-refractivity contribution in [2.24, 2.45) is 12.0 Å². The lowest BCUT2D eigenvalue weighted by molar-refractivity contribution is 0.198. The van der Waals surface area contributed by atoms with Crippen LogP contribution in [0.25, 0.3) is 0 Å². The van der Waals surface area contributed by atoms with Gasteiger partial charge >= 0.3 is 0 Å². The Hall–Kier alpha value is -2.34. The number of hydrogen-bond donors (Lipinski definition) is 2. The summed E-state index contributed by atoms with van der Waals surface area (Å²) in [5, 5.41) is 11.2. The first kappa shape index (κ1) is 19.4. The molecule has 6 nitrogen and oxygen atoms in total. The minimum Gasteiger partial charge on any atom is -0.356 e. The van der Waals surface area contributed by atoms with E-state index in [1.807, 2.05) is 25.0 Å². The summed E-state index contributed by atoms with van der Waals surface area (Å²) >= 11 is 0. The van der Waals surface area contributed by atoms with Gasteiger partial charge in [0, 0.05) is 52.5 Å². The van der Waals surface area contributed by atoms with E-state index < -0.39 is 0 Å². The molecule has 0 bridgehead atoms. The van der Waals surface area contributed by atoms with Crippen LogP contribution in [-0.4, -0.2) is 53.4 Å². The highest BCUT2D eigenvalue weighted by atomic mass is 15.2. The van der Waals surface area contributed by atoms with Crippen LogP contribution in [0.4, 0.5) is 0 Å². The zero-order chi connectivity index (χ0) is 18.9. The Bertz CT molecular complexity index is 700. The molecule has 1 aliphatic rings. The molecule has 0 radical (unpaired) electrons. The molecule has 1 fully saturated rings. The smallest absolute Gasteiger partial charge is 0.191 e. The molecule has 0 aliphatic carbocycles. The van der Waals surface area contributed by atoms with Crippen molar-refractivity contribution in [2.45, 2.75) is 38.3 Å². The lowest BCUT2D eigenvalue weighted by Gasteiger charge is -2.33. The Kier molecular flexibility index (Phi) is 7.27. The van der Waals surface area contributed by atoms with Crippen molar-refractivity contribution in [3.63, 3.8) is 0 Å². The summed E-state index contributed by atoms with van der Waals surface area (Å²) in [7, 11) is 3.81. The number of piperidine rings is 1. The van der Waals surface area contributed by atoms with Gasteiger partial charge in [0.1, 0.15) is 0 Å². The molecule has 0 atom stereocenters. The zero-order valence-electron chi connectivity index (χ0n) is 16.6. The lowest BCUT2D eigenvalue weighted by atomic mass is 10.0. The molecule has 1 aliphatic heterocycles. The molecule has 2 N–H and O–H groups in total. The van der Waals surface area contributed by atoms with Gasteiger partial charge in [-0.05, 0) is 36.8 Å². The molecule has 0 amide bonds. The molecule has 6 heteroatoms. The normalized spacial score (nSPS) is 16.4. The van der Waals surface area contributed by atoms with E-state index in [2.05, 4.69) is 62.2 Å². The number of rotatable bonds is 7. The van der Waals surface area contributed by atoms with Crippen LogP contribution in [0.2, 0.25) is 0 Å². The third-order valence-corrected chi connectivity index (χ3v) is 5.09. The number of aryl methyl sites for hydroxylation is 2. The highest BCUT2D eigenvalue weighted by molar-refractivity contribution is 5.79. The van der Waals surface area contributed by atoms with Gasteiger partial charge in [-0.3, -0.25) is 14.6 Å². The third kappa shape index (κ3) is 6.40. The number of likely N-dealkylation sites (tertiary alicyclic amines) is 1. The Labute approximate surface area is 162 Å². The van der Waals surface area contributed by atoms with E-state index in [9.17, 15) is 0 Å². The van der Waals surface area contributed by atoms with Gasteiger partial charge in [-0.2, -0.15) is 5.10 Å². The van der Waals surface area contributed by atoms with Crippen LogP contribution in [0.3, 0.4) is 0 Å². The van der Waals surface area contributed by atoms with Gasteiger partial charge in [0.25, 0.3) is 0 Å².